The van der Waals surface area contributed by atoms with E-state index < -0.39 is 23.5 Å². The lowest BCUT2D eigenvalue weighted by molar-refractivity contribution is -0.134. The van der Waals surface area contributed by atoms with E-state index in [-0.39, 0.29) is 5.69 Å². The molecule has 0 fully saturated rings. The van der Waals surface area contributed by atoms with Crippen molar-refractivity contribution in [3.05, 3.63) is 41.9 Å². The molecule has 5 nitrogen and oxygen atoms in total. The monoisotopic (exact) mass is 225 g/mol. The van der Waals surface area contributed by atoms with E-state index in [4.69, 9.17) is 10.2 Å². The molecule has 84 valence electrons. The van der Waals surface area contributed by atoms with Crippen LogP contribution in [0.4, 0.5) is 10.1 Å². The van der Waals surface area contributed by atoms with Gasteiger partial charge in [0.2, 0.25) is 0 Å². The smallest absolute Gasteiger partial charge is 0.352 e. The van der Waals surface area contributed by atoms with Crippen LogP contribution >= 0.6 is 0 Å². The maximum atomic E-state index is 12.8. The molecule has 0 spiro atoms. The minimum Gasteiger partial charge on any atom is -0.478 e. The molecule has 1 aromatic rings. The maximum Gasteiger partial charge on any atom is 0.352 e. The van der Waals surface area contributed by atoms with Crippen molar-refractivity contribution in [2.75, 3.05) is 5.32 Å². The van der Waals surface area contributed by atoms with E-state index in [0.717, 1.165) is 6.07 Å². The lowest BCUT2D eigenvalue weighted by Gasteiger charge is -2.05. The van der Waals surface area contributed by atoms with E-state index in [1.54, 1.807) is 0 Å². The number of rotatable bonds is 4. The van der Waals surface area contributed by atoms with Crippen molar-refractivity contribution in [3.8, 4) is 0 Å². The van der Waals surface area contributed by atoms with E-state index in [1.165, 1.54) is 18.2 Å². The minimum atomic E-state index is -1.44. The second-order valence-electron chi connectivity index (χ2n) is 2.84. The number of carboxylic acids is 2. The first kappa shape index (κ1) is 11.7. The molecule has 0 aliphatic rings. The Morgan fingerprint density at radius 2 is 2.00 bits per heavy atom. The van der Waals surface area contributed by atoms with Crippen LogP contribution in [0.3, 0.4) is 0 Å². The van der Waals surface area contributed by atoms with Gasteiger partial charge in [-0.2, -0.15) is 0 Å². The van der Waals surface area contributed by atoms with E-state index in [0.29, 0.717) is 6.08 Å². The van der Waals surface area contributed by atoms with Crippen molar-refractivity contribution in [1.29, 1.82) is 0 Å². The predicted molar refractivity (Wildman–Crippen MR) is 53.4 cm³/mol. The fourth-order valence-corrected chi connectivity index (χ4v) is 0.997. The van der Waals surface area contributed by atoms with Gasteiger partial charge in [0.1, 0.15) is 11.5 Å². The fraction of sp³-hybridized carbons (Fsp3) is 0. The molecule has 0 heterocycles. The summed E-state index contributed by atoms with van der Waals surface area (Å²) in [6.07, 6.45) is 0.493. The Balaban J connectivity index is 2.93. The largest absolute Gasteiger partial charge is 0.478 e. The third kappa shape index (κ3) is 3.41. The molecule has 16 heavy (non-hydrogen) atoms. The fourth-order valence-electron chi connectivity index (χ4n) is 0.997. The first-order chi connectivity index (χ1) is 7.49. The van der Waals surface area contributed by atoms with Crippen molar-refractivity contribution >= 4 is 17.6 Å². The van der Waals surface area contributed by atoms with Crippen LogP contribution in [0.15, 0.2) is 36.0 Å². The average Bonchev–Trinajstić information content (AvgIpc) is 2.15. The number of halogens is 1. The zero-order chi connectivity index (χ0) is 12.1. The van der Waals surface area contributed by atoms with E-state index in [1.807, 2.05) is 0 Å². The van der Waals surface area contributed by atoms with Gasteiger partial charge in [0.15, 0.2) is 0 Å². The maximum absolute atomic E-state index is 12.8. The zero-order valence-corrected chi connectivity index (χ0v) is 7.98. The van der Waals surface area contributed by atoms with Crippen LogP contribution in [0.2, 0.25) is 0 Å². The number of carbonyl (C=O) groups is 2. The highest BCUT2D eigenvalue weighted by molar-refractivity contribution is 5.97. The van der Waals surface area contributed by atoms with Gasteiger partial charge in [0.25, 0.3) is 0 Å². The molecule has 0 aliphatic carbocycles. The van der Waals surface area contributed by atoms with E-state index in [2.05, 4.69) is 5.32 Å². The van der Waals surface area contributed by atoms with Gasteiger partial charge in [-0.3, -0.25) is 0 Å². The normalized spacial score (nSPS) is 10.9. The van der Waals surface area contributed by atoms with Crippen molar-refractivity contribution in [3.63, 3.8) is 0 Å². The van der Waals surface area contributed by atoms with Crippen LogP contribution in [-0.2, 0) is 9.59 Å². The van der Waals surface area contributed by atoms with Crippen molar-refractivity contribution < 1.29 is 24.2 Å². The molecular formula is C10H8FNO4. The van der Waals surface area contributed by atoms with Crippen LogP contribution in [-0.4, -0.2) is 22.2 Å². The zero-order valence-electron chi connectivity index (χ0n) is 7.98. The molecule has 0 unspecified atom stereocenters. The van der Waals surface area contributed by atoms with Crippen molar-refractivity contribution in [2.24, 2.45) is 0 Å². The third-order valence-corrected chi connectivity index (χ3v) is 1.60. The summed E-state index contributed by atoms with van der Waals surface area (Å²) in [4.78, 5) is 21.0. The molecule has 0 saturated carbocycles. The molecule has 0 atom stereocenters. The summed E-state index contributed by atoms with van der Waals surface area (Å²) < 4.78 is 12.8. The van der Waals surface area contributed by atoms with E-state index >= 15 is 0 Å². The average molecular weight is 225 g/mol. The van der Waals surface area contributed by atoms with Gasteiger partial charge in [-0.05, 0) is 18.2 Å². The van der Waals surface area contributed by atoms with Crippen LogP contribution in [0.1, 0.15) is 0 Å². The molecule has 0 saturated heterocycles. The molecule has 0 aromatic heterocycles. The van der Waals surface area contributed by atoms with Gasteiger partial charge in [-0.1, -0.05) is 6.07 Å². The first-order valence-corrected chi connectivity index (χ1v) is 4.19. The molecular weight excluding hydrogens is 217 g/mol. The Hall–Kier alpha value is -2.37. The van der Waals surface area contributed by atoms with Gasteiger partial charge in [-0.25, -0.2) is 14.0 Å². The Labute approximate surface area is 89.8 Å². The summed E-state index contributed by atoms with van der Waals surface area (Å²) >= 11 is 0. The Morgan fingerprint density at radius 1 is 1.31 bits per heavy atom. The topological polar surface area (TPSA) is 86.6 Å². The molecule has 0 amide bonds. The van der Waals surface area contributed by atoms with Gasteiger partial charge < -0.3 is 15.5 Å². The first-order valence-electron chi connectivity index (χ1n) is 4.19. The summed E-state index contributed by atoms with van der Waals surface area (Å²) in [5, 5.41) is 19.4. The SMILES string of the molecule is O=C(O)C=C(Nc1cccc(F)c1)C(=O)O. The summed E-state index contributed by atoms with van der Waals surface area (Å²) in [5.41, 5.74) is -0.381. The molecule has 0 radical (unpaired) electrons. The Morgan fingerprint density at radius 3 is 2.50 bits per heavy atom. The van der Waals surface area contributed by atoms with Crippen LogP contribution in [0, 0.1) is 5.82 Å². The predicted octanol–water partition coefficient (Wildman–Crippen LogP) is 1.29. The molecule has 0 bridgehead atoms. The highest BCUT2D eigenvalue weighted by Crippen LogP contribution is 2.11. The minimum absolute atomic E-state index is 0.162. The number of hydrogen-bond acceptors (Lipinski definition) is 3. The quantitative estimate of drug-likeness (QED) is 0.672. The number of hydrogen-bond donors (Lipinski definition) is 3. The van der Waals surface area contributed by atoms with Gasteiger partial charge in [0.05, 0.1) is 6.08 Å². The van der Waals surface area contributed by atoms with Crippen molar-refractivity contribution in [1.82, 2.24) is 0 Å². The van der Waals surface area contributed by atoms with Crippen LogP contribution in [0.25, 0.3) is 0 Å². The lowest BCUT2D eigenvalue weighted by Crippen LogP contribution is -2.12. The second-order valence-corrected chi connectivity index (χ2v) is 2.84. The van der Waals surface area contributed by atoms with E-state index in [9.17, 15) is 14.0 Å². The standard InChI is InChI=1S/C10H8FNO4/c11-6-2-1-3-7(4-6)12-8(10(15)16)5-9(13)14/h1-5,12H,(H,13,14)(H,15,16). The summed E-state index contributed by atoms with van der Waals surface area (Å²) in [5.74, 6) is -3.39. The third-order valence-electron chi connectivity index (χ3n) is 1.60. The number of nitrogens with one attached hydrogen (secondary N) is 1. The Bertz CT molecular complexity index is 456. The Kier molecular flexibility index (Phi) is 3.60. The van der Waals surface area contributed by atoms with Crippen molar-refractivity contribution in [2.45, 2.75) is 0 Å². The summed E-state index contributed by atoms with van der Waals surface area (Å²) in [7, 11) is 0. The van der Waals surface area contributed by atoms with Crippen LogP contribution < -0.4 is 5.32 Å². The van der Waals surface area contributed by atoms with Gasteiger partial charge in [-0.15, -0.1) is 0 Å². The van der Waals surface area contributed by atoms with Gasteiger partial charge >= 0.3 is 11.9 Å². The molecule has 6 heteroatoms. The highest BCUT2D eigenvalue weighted by Gasteiger charge is 2.09. The number of carboxylic acid groups (broad SMARTS) is 2. The highest BCUT2D eigenvalue weighted by atomic mass is 19.1. The second kappa shape index (κ2) is 4.92. The molecule has 3 N–H and O–H groups in total. The summed E-state index contributed by atoms with van der Waals surface area (Å²) in [6, 6.07) is 5.03. The molecule has 1 rings (SSSR count). The molecule has 0 aliphatic heterocycles. The number of anilines is 1. The van der Waals surface area contributed by atoms with Crippen LogP contribution in [0.5, 0.6) is 0 Å². The lowest BCUT2D eigenvalue weighted by atomic mass is 10.3. The molecule has 1 aromatic carbocycles. The number of aliphatic carboxylic acids is 2. The summed E-state index contributed by atoms with van der Waals surface area (Å²) in [6.45, 7) is 0. The number of benzene rings is 1. The van der Waals surface area contributed by atoms with Gasteiger partial charge in [0, 0.05) is 5.69 Å².